The molecule has 8 nitrogen and oxygen atoms in total. The van der Waals surface area contributed by atoms with Crippen molar-refractivity contribution in [3.63, 3.8) is 0 Å². The first kappa shape index (κ1) is 14.8. The van der Waals surface area contributed by atoms with Gasteiger partial charge in [-0.1, -0.05) is 0 Å². The second-order valence-electron chi connectivity index (χ2n) is 4.53. The first-order valence-electron chi connectivity index (χ1n) is 6.63. The van der Waals surface area contributed by atoms with E-state index in [1.807, 2.05) is 19.9 Å². The molecular formula is C13H18N6O2. The van der Waals surface area contributed by atoms with E-state index < -0.39 is 0 Å². The highest BCUT2D eigenvalue weighted by atomic mass is 16.2. The number of anilines is 1. The molecule has 2 amide bonds. The number of aromatic nitrogens is 4. The molecule has 0 aliphatic rings. The molecule has 0 spiro atoms. The second kappa shape index (κ2) is 6.21. The van der Waals surface area contributed by atoms with Crippen LogP contribution in [-0.4, -0.2) is 38.4 Å². The van der Waals surface area contributed by atoms with Gasteiger partial charge >= 0.3 is 0 Å². The van der Waals surface area contributed by atoms with Gasteiger partial charge in [0.1, 0.15) is 6.54 Å². The van der Waals surface area contributed by atoms with Gasteiger partial charge in [-0.2, -0.15) is 10.2 Å². The molecule has 0 aromatic carbocycles. The largest absolute Gasteiger partial charge is 0.354 e. The Bertz CT molecular complexity index is 657. The Morgan fingerprint density at radius 3 is 2.62 bits per heavy atom. The van der Waals surface area contributed by atoms with Gasteiger partial charge in [0, 0.05) is 26.0 Å². The zero-order valence-electron chi connectivity index (χ0n) is 12.3. The molecule has 0 aliphatic heterocycles. The van der Waals surface area contributed by atoms with Crippen molar-refractivity contribution in [1.82, 2.24) is 24.9 Å². The molecule has 21 heavy (non-hydrogen) atoms. The number of nitrogens with one attached hydrogen (secondary N) is 2. The van der Waals surface area contributed by atoms with Gasteiger partial charge in [-0.05, 0) is 19.9 Å². The van der Waals surface area contributed by atoms with E-state index in [9.17, 15) is 9.59 Å². The molecular weight excluding hydrogens is 272 g/mol. The summed E-state index contributed by atoms with van der Waals surface area (Å²) in [6.07, 6.45) is 3.36. The number of carbonyl (C=O) groups is 2. The predicted molar refractivity (Wildman–Crippen MR) is 76.9 cm³/mol. The number of aryl methyl sites for hydroxylation is 2. The first-order chi connectivity index (χ1) is 10.0. The molecule has 2 N–H and O–H groups in total. The zero-order valence-corrected chi connectivity index (χ0v) is 12.3. The van der Waals surface area contributed by atoms with Crippen LogP contribution in [0.1, 0.15) is 23.1 Å². The Kier molecular flexibility index (Phi) is 4.36. The average molecular weight is 290 g/mol. The minimum absolute atomic E-state index is 0.0817. The Labute approximate surface area is 122 Å². The van der Waals surface area contributed by atoms with Crippen LogP contribution in [-0.2, 0) is 17.9 Å². The highest BCUT2D eigenvalue weighted by Gasteiger charge is 2.17. The van der Waals surface area contributed by atoms with Gasteiger partial charge in [0.15, 0.2) is 5.69 Å². The summed E-state index contributed by atoms with van der Waals surface area (Å²) in [6.45, 7) is 4.44. The van der Waals surface area contributed by atoms with Crippen LogP contribution in [0.3, 0.4) is 0 Å². The summed E-state index contributed by atoms with van der Waals surface area (Å²) in [4.78, 5) is 23.8. The van der Waals surface area contributed by atoms with Crippen LogP contribution in [0.4, 0.5) is 5.69 Å². The number of amides is 2. The number of carbonyl (C=O) groups excluding carboxylic acids is 2. The average Bonchev–Trinajstić information content (AvgIpc) is 3.04. The smallest absolute Gasteiger partial charge is 0.273 e. The minimum Gasteiger partial charge on any atom is -0.354 e. The van der Waals surface area contributed by atoms with Gasteiger partial charge in [0.05, 0.1) is 11.4 Å². The zero-order chi connectivity index (χ0) is 15.4. The molecule has 112 valence electrons. The molecule has 2 rings (SSSR count). The fourth-order valence-corrected chi connectivity index (χ4v) is 1.85. The Balaban J connectivity index is 2.12. The number of hydrogen-bond acceptors (Lipinski definition) is 4. The van der Waals surface area contributed by atoms with Crippen molar-refractivity contribution in [3.8, 4) is 0 Å². The van der Waals surface area contributed by atoms with E-state index in [-0.39, 0.29) is 24.1 Å². The SMILES string of the molecule is CCn1cc(NC(=O)Cn2ccc(C)n2)c(C(=O)NC)n1. The number of rotatable bonds is 5. The lowest BCUT2D eigenvalue weighted by Crippen LogP contribution is -2.23. The number of hydrogen-bond donors (Lipinski definition) is 2. The van der Waals surface area contributed by atoms with E-state index in [2.05, 4.69) is 20.8 Å². The predicted octanol–water partition coefficient (Wildman–Crippen LogP) is 0.406. The van der Waals surface area contributed by atoms with Gasteiger partial charge in [0.2, 0.25) is 5.91 Å². The minimum atomic E-state index is -0.340. The van der Waals surface area contributed by atoms with Crippen molar-refractivity contribution < 1.29 is 9.59 Å². The number of nitrogens with zero attached hydrogens (tertiary/aromatic N) is 4. The van der Waals surface area contributed by atoms with Crippen LogP contribution in [0.2, 0.25) is 0 Å². The lowest BCUT2D eigenvalue weighted by molar-refractivity contribution is -0.116. The fourth-order valence-electron chi connectivity index (χ4n) is 1.85. The maximum absolute atomic E-state index is 12.0. The monoisotopic (exact) mass is 290 g/mol. The lowest BCUT2D eigenvalue weighted by atomic mass is 10.3. The molecule has 8 heteroatoms. The Morgan fingerprint density at radius 2 is 2.05 bits per heavy atom. The van der Waals surface area contributed by atoms with E-state index in [1.54, 1.807) is 17.1 Å². The molecule has 0 saturated carbocycles. The molecule has 0 radical (unpaired) electrons. The summed E-state index contributed by atoms with van der Waals surface area (Å²) in [6, 6.07) is 1.82. The third kappa shape index (κ3) is 3.47. The van der Waals surface area contributed by atoms with Crippen molar-refractivity contribution in [2.75, 3.05) is 12.4 Å². The third-order valence-electron chi connectivity index (χ3n) is 2.88. The van der Waals surface area contributed by atoms with Crippen LogP contribution < -0.4 is 10.6 Å². The van der Waals surface area contributed by atoms with Gasteiger partial charge < -0.3 is 10.6 Å². The summed E-state index contributed by atoms with van der Waals surface area (Å²) in [5.41, 5.74) is 1.43. The maximum atomic E-state index is 12.0. The summed E-state index contributed by atoms with van der Waals surface area (Å²) in [7, 11) is 1.52. The standard InChI is InChI=1S/C13H18N6O2/c1-4-18-7-10(12(17-18)13(21)14-3)15-11(20)8-19-6-5-9(2)16-19/h5-7H,4,8H2,1-3H3,(H,14,21)(H,15,20). The van der Waals surface area contributed by atoms with Crippen molar-refractivity contribution >= 4 is 17.5 Å². The molecule has 2 aromatic heterocycles. The van der Waals surface area contributed by atoms with Gasteiger partial charge in [-0.25, -0.2) is 0 Å². The van der Waals surface area contributed by atoms with Gasteiger partial charge in [0.25, 0.3) is 5.91 Å². The quantitative estimate of drug-likeness (QED) is 0.833. The summed E-state index contributed by atoms with van der Waals surface area (Å²) in [5, 5.41) is 13.5. The molecule has 2 heterocycles. The topological polar surface area (TPSA) is 93.8 Å². The second-order valence-corrected chi connectivity index (χ2v) is 4.53. The van der Waals surface area contributed by atoms with Gasteiger partial charge in [-0.15, -0.1) is 0 Å². The highest BCUT2D eigenvalue weighted by Crippen LogP contribution is 2.14. The summed E-state index contributed by atoms with van der Waals surface area (Å²) < 4.78 is 3.13. The van der Waals surface area contributed by atoms with Crippen molar-refractivity contribution in [2.24, 2.45) is 0 Å². The van der Waals surface area contributed by atoms with E-state index >= 15 is 0 Å². The maximum Gasteiger partial charge on any atom is 0.273 e. The van der Waals surface area contributed by atoms with E-state index in [0.717, 1.165) is 5.69 Å². The molecule has 0 saturated heterocycles. The van der Waals surface area contributed by atoms with Crippen molar-refractivity contribution in [1.29, 1.82) is 0 Å². The third-order valence-corrected chi connectivity index (χ3v) is 2.88. The van der Waals surface area contributed by atoms with Crippen LogP contribution in [0.15, 0.2) is 18.5 Å². The molecule has 0 aliphatic carbocycles. The molecule has 0 unspecified atom stereocenters. The molecule has 0 bridgehead atoms. The lowest BCUT2D eigenvalue weighted by Gasteiger charge is -2.04. The van der Waals surface area contributed by atoms with Crippen LogP contribution in [0.5, 0.6) is 0 Å². The van der Waals surface area contributed by atoms with E-state index in [1.165, 1.54) is 11.7 Å². The summed E-state index contributed by atoms with van der Waals surface area (Å²) >= 11 is 0. The van der Waals surface area contributed by atoms with Gasteiger partial charge in [-0.3, -0.25) is 19.0 Å². The summed E-state index contributed by atoms with van der Waals surface area (Å²) in [5.74, 6) is -0.605. The first-order valence-corrected chi connectivity index (χ1v) is 6.63. The van der Waals surface area contributed by atoms with Crippen LogP contribution in [0, 0.1) is 6.92 Å². The Hall–Kier alpha value is -2.64. The molecule has 2 aromatic rings. The van der Waals surface area contributed by atoms with Crippen LogP contribution >= 0.6 is 0 Å². The van der Waals surface area contributed by atoms with Crippen molar-refractivity contribution in [3.05, 3.63) is 29.8 Å². The normalized spacial score (nSPS) is 10.4. The van der Waals surface area contributed by atoms with Crippen molar-refractivity contribution in [2.45, 2.75) is 26.9 Å². The fraction of sp³-hybridized carbons (Fsp3) is 0.385. The Morgan fingerprint density at radius 1 is 1.29 bits per heavy atom. The van der Waals surface area contributed by atoms with Crippen LogP contribution in [0.25, 0.3) is 0 Å². The van der Waals surface area contributed by atoms with E-state index in [0.29, 0.717) is 12.2 Å². The molecule has 0 atom stereocenters. The van der Waals surface area contributed by atoms with E-state index in [4.69, 9.17) is 0 Å². The highest BCUT2D eigenvalue weighted by molar-refractivity contribution is 6.02. The molecule has 0 fully saturated rings.